The van der Waals surface area contributed by atoms with Gasteiger partial charge in [-0.25, -0.2) is 4.98 Å². The first-order valence-electron chi connectivity index (χ1n) is 7.76. The molecule has 0 amide bonds. The number of anilines is 1. The van der Waals surface area contributed by atoms with Crippen LogP contribution in [-0.2, 0) is 4.74 Å². The summed E-state index contributed by atoms with van der Waals surface area (Å²) in [5, 5.41) is 8.84. The van der Waals surface area contributed by atoms with Crippen molar-refractivity contribution >= 4 is 5.82 Å². The molecule has 112 valence electrons. The summed E-state index contributed by atoms with van der Waals surface area (Å²) in [4.78, 5) is 9.30. The summed E-state index contributed by atoms with van der Waals surface area (Å²) < 4.78 is 5.41. The molecule has 2 fully saturated rings. The van der Waals surface area contributed by atoms with Crippen molar-refractivity contribution in [1.29, 1.82) is 5.26 Å². The largest absolute Gasteiger partial charge is 0.379 e. The third kappa shape index (κ3) is 3.72. The smallest absolute Gasteiger partial charge is 0.128 e. The van der Waals surface area contributed by atoms with Crippen molar-refractivity contribution in [3.63, 3.8) is 0 Å². The van der Waals surface area contributed by atoms with Gasteiger partial charge in [0.1, 0.15) is 11.9 Å². The molecule has 0 saturated carbocycles. The van der Waals surface area contributed by atoms with E-state index in [9.17, 15) is 0 Å². The van der Waals surface area contributed by atoms with Crippen LogP contribution in [0.5, 0.6) is 0 Å². The molecule has 0 spiro atoms. The Hall–Kier alpha value is -1.64. The second kappa shape index (κ2) is 6.88. The molecule has 1 aromatic heterocycles. The average Bonchev–Trinajstić information content (AvgIpc) is 2.56. The van der Waals surface area contributed by atoms with Gasteiger partial charge in [-0.3, -0.25) is 4.90 Å². The van der Waals surface area contributed by atoms with Crippen molar-refractivity contribution in [2.45, 2.75) is 12.8 Å². The zero-order valence-corrected chi connectivity index (χ0v) is 12.4. The van der Waals surface area contributed by atoms with Crippen LogP contribution in [0.4, 0.5) is 5.82 Å². The maximum atomic E-state index is 8.84. The van der Waals surface area contributed by atoms with Crippen molar-refractivity contribution in [1.82, 2.24) is 9.88 Å². The SMILES string of the molecule is N#Cc1ccc(N2CCC[C@@H](CN3CCOCC3)C2)nc1. The van der Waals surface area contributed by atoms with E-state index in [-0.39, 0.29) is 0 Å². The minimum atomic E-state index is 0.626. The predicted octanol–water partition coefficient (Wildman–Crippen LogP) is 1.50. The fourth-order valence-corrected chi connectivity index (χ4v) is 3.21. The molecular weight excluding hydrogens is 264 g/mol. The molecule has 0 unspecified atom stereocenters. The Morgan fingerprint density at radius 2 is 2.14 bits per heavy atom. The Bertz CT molecular complexity index is 490. The zero-order valence-electron chi connectivity index (χ0n) is 12.4. The highest BCUT2D eigenvalue weighted by molar-refractivity contribution is 5.42. The summed E-state index contributed by atoms with van der Waals surface area (Å²) in [5.74, 6) is 1.70. The van der Waals surface area contributed by atoms with E-state index in [4.69, 9.17) is 10.00 Å². The summed E-state index contributed by atoms with van der Waals surface area (Å²) in [7, 11) is 0. The molecule has 3 rings (SSSR count). The quantitative estimate of drug-likeness (QED) is 0.843. The number of aromatic nitrogens is 1. The van der Waals surface area contributed by atoms with Gasteiger partial charge in [-0.05, 0) is 30.9 Å². The Labute approximate surface area is 126 Å². The lowest BCUT2D eigenvalue weighted by molar-refractivity contribution is 0.0296. The molecule has 3 heterocycles. The van der Waals surface area contributed by atoms with E-state index >= 15 is 0 Å². The highest BCUT2D eigenvalue weighted by Gasteiger charge is 2.23. The topological polar surface area (TPSA) is 52.4 Å². The molecule has 2 aliphatic heterocycles. The first kappa shape index (κ1) is 14.3. The minimum absolute atomic E-state index is 0.626. The van der Waals surface area contributed by atoms with Gasteiger partial charge in [-0.1, -0.05) is 0 Å². The van der Waals surface area contributed by atoms with Gasteiger partial charge in [0.15, 0.2) is 0 Å². The molecule has 2 saturated heterocycles. The minimum Gasteiger partial charge on any atom is -0.379 e. The molecule has 0 bridgehead atoms. The number of ether oxygens (including phenoxy) is 1. The van der Waals surface area contributed by atoms with Crippen LogP contribution < -0.4 is 4.90 Å². The maximum absolute atomic E-state index is 8.84. The molecule has 5 nitrogen and oxygen atoms in total. The number of morpholine rings is 1. The molecule has 0 radical (unpaired) electrons. The van der Waals surface area contributed by atoms with Gasteiger partial charge in [0.2, 0.25) is 0 Å². The number of nitrogens with zero attached hydrogens (tertiary/aromatic N) is 4. The van der Waals surface area contributed by atoms with Crippen LogP contribution in [0.15, 0.2) is 18.3 Å². The molecule has 1 aromatic rings. The van der Waals surface area contributed by atoms with Crippen molar-refractivity contribution in [2.24, 2.45) is 5.92 Å². The van der Waals surface area contributed by atoms with Crippen LogP contribution in [-0.4, -0.2) is 55.8 Å². The van der Waals surface area contributed by atoms with E-state index in [1.54, 1.807) is 6.20 Å². The molecule has 0 N–H and O–H groups in total. The Kier molecular flexibility index (Phi) is 4.69. The van der Waals surface area contributed by atoms with Gasteiger partial charge >= 0.3 is 0 Å². The molecule has 21 heavy (non-hydrogen) atoms. The summed E-state index contributed by atoms with van der Waals surface area (Å²) in [6, 6.07) is 5.94. The van der Waals surface area contributed by atoms with E-state index < -0.39 is 0 Å². The lowest BCUT2D eigenvalue weighted by Crippen LogP contribution is -2.44. The second-order valence-electron chi connectivity index (χ2n) is 5.88. The van der Waals surface area contributed by atoms with Crippen molar-refractivity contribution in [2.75, 3.05) is 50.8 Å². The van der Waals surface area contributed by atoms with Gasteiger partial charge in [0.25, 0.3) is 0 Å². The Morgan fingerprint density at radius 1 is 1.29 bits per heavy atom. The summed E-state index contributed by atoms with van der Waals surface area (Å²) in [5.41, 5.74) is 0.626. The summed E-state index contributed by atoms with van der Waals surface area (Å²) in [6.45, 7) is 7.16. The molecule has 0 aliphatic carbocycles. The normalized spacial score (nSPS) is 23.8. The number of nitriles is 1. The van der Waals surface area contributed by atoms with Crippen LogP contribution in [0, 0.1) is 17.2 Å². The second-order valence-corrected chi connectivity index (χ2v) is 5.88. The third-order valence-corrected chi connectivity index (χ3v) is 4.34. The van der Waals surface area contributed by atoms with E-state index in [0.29, 0.717) is 11.5 Å². The summed E-state index contributed by atoms with van der Waals surface area (Å²) in [6.07, 6.45) is 4.18. The number of pyridine rings is 1. The fourth-order valence-electron chi connectivity index (χ4n) is 3.21. The number of piperidine rings is 1. The van der Waals surface area contributed by atoms with Crippen LogP contribution in [0.3, 0.4) is 0 Å². The lowest BCUT2D eigenvalue weighted by Gasteiger charge is -2.37. The molecule has 1 atom stereocenters. The standard InChI is InChI=1S/C16H22N4O/c17-10-14-3-4-16(18-11-14)20-5-1-2-15(13-20)12-19-6-8-21-9-7-19/h3-4,11,15H,1-2,5-9,12-13H2/t15-/m0/s1. The predicted molar refractivity (Wildman–Crippen MR) is 81.1 cm³/mol. The van der Waals surface area contributed by atoms with Crippen molar-refractivity contribution in [3.05, 3.63) is 23.9 Å². The Balaban J connectivity index is 1.58. The highest BCUT2D eigenvalue weighted by Crippen LogP contribution is 2.22. The zero-order chi connectivity index (χ0) is 14.5. The van der Waals surface area contributed by atoms with E-state index in [1.807, 2.05) is 12.1 Å². The van der Waals surface area contributed by atoms with Gasteiger partial charge in [-0.2, -0.15) is 5.26 Å². The van der Waals surface area contributed by atoms with Gasteiger partial charge in [-0.15, -0.1) is 0 Å². The number of rotatable bonds is 3. The number of hydrogen-bond acceptors (Lipinski definition) is 5. The van der Waals surface area contributed by atoms with Crippen LogP contribution in [0.25, 0.3) is 0 Å². The van der Waals surface area contributed by atoms with Crippen molar-refractivity contribution in [3.8, 4) is 6.07 Å². The third-order valence-electron chi connectivity index (χ3n) is 4.34. The summed E-state index contributed by atoms with van der Waals surface area (Å²) >= 11 is 0. The fraction of sp³-hybridized carbons (Fsp3) is 0.625. The van der Waals surface area contributed by atoms with Crippen LogP contribution in [0.2, 0.25) is 0 Å². The number of hydrogen-bond donors (Lipinski definition) is 0. The van der Waals surface area contributed by atoms with Gasteiger partial charge < -0.3 is 9.64 Å². The first-order valence-corrected chi connectivity index (χ1v) is 7.76. The maximum Gasteiger partial charge on any atom is 0.128 e. The highest BCUT2D eigenvalue weighted by atomic mass is 16.5. The van der Waals surface area contributed by atoms with Crippen molar-refractivity contribution < 1.29 is 4.74 Å². The molecular formula is C16H22N4O. The average molecular weight is 286 g/mol. The first-order chi connectivity index (χ1) is 10.3. The Morgan fingerprint density at radius 3 is 2.86 bits per heavy atom. The lowest BCUT2D eigenvalue weighted by atomic mass is 9.97. The van der Waals surface area contributed by atoms with E-state index in [2.05, 4.69) is 20.9 Å². The van der Waals surface area contributed by atoms with E-state index in [0.717, 1.165) is 51.8 Å². The van der Waals surface area contributed by atoms with Crippen LogP contribution in [0.1, 0.15) is 18.4 Å². The van der Waals surface area contributed by atoms with Gasteiger partial charge in [0, 0.05) is 38.9 Å². The monoisotopic (exact) mass is 286 g/mol. The van der Waals surface area contributed by atoms with Crippen LogP contribution >= 0.6 is 0 Å². The molecule has 0 aromatic carbocycles. The van der Waals surface area contributed by atoms with E-state index in [1.165, 1.54) is 12.8 Å². The molecule has 5 heteroatoms. The van der Waals surface area contributed by atoms with Gasteiger partial charge in [0.05, 0.1) is 18.8 Å². The molecule has 2 aliphatic rings.